The van der Waals surface area contributed by atoms with Gasteiger partial charge in [-0.05, 0) is 17.7 Å². The summed E-state index contributed by atoms with van der Waals surface area (Å²) in [6.45, 7) is 0. The molecule has 1 heterocycles. The molecular weight excluding hydrogens is 344 g/mol. The Morgan fingerprint density at radius 3 is 2.19 bits per heavy atom. The number of carbonyl (C=O) groups is 1. The maximum Gasteiger partial charge on any atom is 0.277 e. The Bertz CT molecular complexity index is 869. The summed E-state index contributed by atoms with van der Waals surface area (Å²) in [5.74, 6) is -0.690. The first-order valence-electron chi connectivity index (χ1n) is 7.47. The third-order valence-corrected chi connectivity index (χ3v) is 3.71. The van der Waals surface area contributed by atoms with Crippen LogP contribution in [0.5, 0.6) is 0 Å². The van der Waals surface area contributed by atoms with Gasteiger partial charge in [0.05, 0.1) is 21.5 Å². The fourth-order valence-corrected chi connectivity index (χ4v) is 2.42. The van der Waals surface area contributed by atoms with Gasteiger partial charge in [0.1, 0.15) is 0 Å². The molecule has 0 unspecified atom stereocenters. The van der Waals surface area contributed by atoms with E-state index in [1.54, 1.807) is 30.5 Å². The molecule has 10 nitrogen and oxygen atoms in total. The minimum atomic E-state index is -0.789. The zero-order valence-corrected chi connectivity index (χ0v) is 13.2. The van der Waals surface area contributed by atoms with Crippen molar-refractivity contribution in [3.05, 3.63) is 73.8 Å². The van der Waals surface area contributed by atoms with Crippen LogP contribution in [0.2, 0.25) is 0 Å². The van der Waals surface area contributed by atoms with E-state index in [4.69, 9.17) is 4.84 Å². The Balaban J connectivity index is 1.79. The van der Waals surface area contributed by atoms with Crippen LogP contribution in [0.25, 0.3) is 0 Å². The first-order valence-corrected chi connectivity index (χ1v) is 7.47. The summed E-state index contributed by atoms with van der Waals surface area (Å²) in [4.78, 5) is 37.7. The minimum absolute atomic E-state index is 0.167. The van der Waals surface area contributed by atoms with Crippen LogP contribution < -0.4 is 5.32 Å². The topological polar surface area (TPSA) is 137 Å². The number of nitro benzene ring substituents is 2. The lowest BCUT2D eigenvalue weighted by Crippen LogP contribution is -2.12. The Hall–Kier alpha value is -3.82. The fourth-order valence-electron chi connectivity index (χ4n) is 2.42. The molecule has 2 aromatic carbocycles. The van der Waals surface area contributed by atoms with Crippen LogP contribution in [0.15, 0.2) is 47.6 Å². The van der Waals surface area contributed by atoms with Crippen LogP contribution in [0.4, 0.5) is 17.1 Å². The summed E-state index contributed by atoms with van der Waals surface area (Å²) in [7, 11) is 0. The molecule has 0 aliphatic carbocycles. The van der Waals surface area contributed by atoms with E-state index >= 15 is 0 Å². The molecule has 10 heteroatoms. The number of nitrogens with zero attached hydrogens (tertiary/aromatic N) is 3. The van der Waals surface area contributed by atoms with Gasteiger partial charge in [0.2, 0.25) is 0 Å². The lowest BCUT2D eigenvalue weighted by Gasteiger charge is -2.10. The van der Waals surface area contributed by atoms with E-state index in [0.717, 1.165) is 23.8 Å². The first-order chi connectivity index (χ1) is 12.4. The van der Waals surface area contributed by atoms with E-state index in [1.165, 1.54) is 0 Å². The second-order valence-electron chi connectivity index (χ2n) is 5.45. The summed E-state index contributed by atoms with van der Waals surface area (Å²) < 4.78 is 0. The molecule has 0 fully saturated rings. The lowest BCUT2D eigenvalue weighted by molar-refractivity contribution is -0.394. The number of nitro groups is 2. The van der Waals surface area contributed by atoms with Gasteiger partial charge in [0.15, 0.2) is 6.10 Å². The second kappa shape index (κ2) is 6.97. The number of amides is 1. The van der Waals surface area contributed by atoms with Crippen LogP contribution in [0.1, 0.15) is 28.4 Å². The number of hydrogen-bond acceptors (Lipinski definition) is 7. The number of rotatable bonds is 5. The van der Waals surface area contributed by atoms with Gasteiger partial charge in [-0.3, -0.25) is 25.0 Å². The number of non-ortho nitro benzene ring substituents is 2. The molecule has 1 aliphatic heterocycles. The molecule has 26 heavy (non-hydrogen) atoms. The summed E-state index contributed by atoms with van der Waals surface area (Å²) in [5, 5.41) is 28.0. The van der Waals surface area contributed by atoms with E-state index in [1.807, 2.05) is 0 Å². The van der Waals surface area contributed by atoms with Crippen molar-refractivity contribution in [1.29, 1.82) is 0 Å². The van der Waals surface area contributed by atoms with Gasteiger partial charge in [-0.2, -0.15) is 0 Å². The molecule has 2 aromatic rings. The van der Waals surface area contributed by atoms with Crippen molar-refractivity contribution in [1.82, 2.24) is 0 Å². The molecule has 132 valence electrons. The molecule has 1 N–H and O–H groups in total. The Kier molecular flexibility index (Phi) is 4.56. The molecule has 0 spiro atoms. The van der Waals surface area contributed by atoms with Crippen molar-refractivity contribution < 1.29 is 19.5 Å². The summed E-state index contributed by atoms with van der Waals surface area (Å²) in [6, 6.07) is 9.56. The third kappa shape index (κ3) is 3.64. The predicted molar refractivity (Wildman–Crippen MR) is 91.1 cm³/mol. The first kappa shape index (κ1) is 17.0. The van der Waals surface area contributed by atoms with E-state index in [2.05, 4.69) is 10.5 Å². The molecule has 1 atom stereocenters. The van der Waals surface area contributed by atoms with Crippen molar-refractivity contribution >= 4 is 29.2 Å². The number of benzene rings is 2. The maximum absolute atomic E-state index is 12.3. The van der Waals surface area contributed by atoms with E-state index in [0.29, 0.717) is 12.1 Å². The smallest absolute Gasteiger partial charge is 0.277 e. The Labute approximate surface area is 146 Å². The van der Waals surface area contributed by atoms with Gasteiger partial charge in [-0.25, -0.2) is 0 Å². The SMILES string of the molecule is O=C(Nc1ccc([C@@H]2CC=NO2)cc1)c1cc([N+](=O)[O-])cc([N+](=O)[O-])c1. The molecule has 3 rings (SSSR count). The summed E-state index contributed by atoms with van der Waals surface area (Å²) >= 11 is 0. The number of nitrogens with one attached hydrogen (secondary N) is 1. The summed E-state index contributed by atoms with van der Waals surface area (Å²) in [5.41, 5.74) is 0.0805. The van der Waals surface area contributed by atoms with Gasteiger partial charge < -0.3 is 10.2 Å². The quantitative estimate of drug-likeness (QED) is 0.645. The number of carbonyl (C=O) groups excluding carboxylic acids is 1. The molecule has 0 saturated heterocycles. The largest absolute Gasteiger partial charge is 0.388 e. The van der Waals surface area contributed by atoms with E-state index in [9.17, 15) is 25.0 Å². The van der Waals surface area contributed by atoms with Gasteiger partial charge in [-0.1, -0.05) is 17.3 Å². The molecule has 0 bridgehead atoms. The highest BCUT2D eigenvalue weighted by Crippen LogP contribution is 2.26. The van der Waals surface area contributed by atoms with Crippen molar-refractivity contribution in [2.24, 2.45) is 5.16 Å². The van der Waals surface area contributed by atoms with Gasteiger partial charge in [0.25, 0.3) is 17.3 Å². The second-order valence-corrected chi connectivity index (χ2v) is 5.45. The van der Waals surface area contributed by atoms with E-state index < -0.39 is 27.1 Å². The molecule has 0 saturated carbocycles. The van der Waals surface area contributed by atoms with E-state index in [-0.39, 0.29) is 11.7 Å². The van der Waals surface area contributed by atoms with Gasteiger partial charge in [0, 0.05) is 30.5 Å². The molecule has 0 radical (unpaired) electrons. The zero-order chi connectivity index (χ0) is 18.7. The highest BCUT2D eigenvalue weighted by Gasteiger charge is 2.20. The third-order valence-electron chi connectivity index (χ3n) is 3.71. The zero-order valence-electron chi connectivity index (χ0n) is 13.2. The average molecular weight is 356 g/mol. The van der Waals surface area contributed by atoms with Crippen LogP contribution in [0.3, 0.4) is 0 Å². The average Bonchev–Trinajstić information content (AvgIpc) is 3.16. The molecule has 1 amide bonds. The monoisotopic (exact) mass is 356 g/mol. The number of anilines is 1. The minimum Gasteiger partial charge on any atom is -0.388 e. The van der Waals surface area contributed by atoms with Crippen LogP contribution in [-0.2, 0) is 4.84 Å². The van der Waals surface area contributed by atoms with Gasteiger partial charge >= 0.3 is 0 Å². The Morgan fingerprint density at radius 2 is 1.69 bits per heavy atom. The van der Waals surface area contributed by atoms with Crippen molar-refractivity contribution in [2.45, 2.75) is 12.5 Å². The van der Waals surface area contributed by atoms with Crippen molar-refractivity contribution in [3.8, 4) is 0 Å². The van der Waals surface area contributed by atoms with Crippen LogP contribution in [0, 0.1) is 20.2 Å². The standard InChI is InChI=1S/C16H12N4O6/c21-16(11-7-13(19(22)23)9-14(8-11)20(24)25)18-12-3-1-10(2-4-12)15-5-6-17-26-15/h1-4,6-9,15H,5H2,(H,18,21)/t15-/m0/s1. The van der Waals surface area contributed by atoms with Crippen LogP contribution in [-0.4, -0.2) is 22.0 Å². The van der Waals surface area contributed by atoms with Gasteiger partial charge in [-0.15, -0.1) is 0 Å². The summed E-state index contributed by atoms with van der Waals surface area (Å²) in [6.07, 6.45) is 2.15. The molecule has 1 aliphatic rings. The molecule has 0 aromatic heterocycles. The van der Waals surface area contributed by atoms with Crippen molar-refractivity contribution in [3.63, 3.8) is 0 Å². The number of hydrogen-bond donors (Lipinski definition) is 1. The van der Waals surface area contributed by atoms with Crippen molar-refractivity contribution in [2.75, 3.05) is 5.32 Å². The molecular formula is C16H12N4O6. The normalized spacial score (nSPS) is 15.3. The maximum atomic E-state index is 12.3. The Morgan fingerprint density at radius 1 is 1.08 bits per heavy atom. The van der Waals surface area contributed by atoms with Crippen LogP contribution >= 0.6 is 0 Å². The lowest BCUT2D eigenvalue weighted by atomic mass is 10.1. The highest BCUT2D eigenvalue weighted by molar-refractivity contribution is 6.05. The predicted octanol–water partition coefficient (Wildman–Crippen LogP) is 3.20. The number of oxime groups is 1. The fraction of sp³-hybridized carbons (Fsp3) is 0.125. The highest BCUT2D eigenvalue weighted by atomic mass is 16.6.